The van der Waals surface area contributed by atoms with Gasteiger partial charge in [-0.2, -0.15) is 0 Å². The fraction of sp³-hybridized carbons (Fsp3) is 0.440. The second-order valence-corrected chi connectivity index (χ2v) is 10.2. The van der Waals surface area contributed by atoms with Gasteiger partial charge in [-0.3, -0.25) is 9.59 Å². The van der Waals surface area contributed by atoms with Crippen LogP contribution in [0.25, 0.3) is 0 Å². The summed E-state index contributed by atoms with van der Waals surface area (Å²) < 4.78 is 13.4. The van der Waals surface area contributed by atoms with Gasteiger partial charge in [0.2, 0.25) is 11.8 Å². The molecule has 178 valence electrons. The van der Waals surface area contributed by atoms with Gasteiger partial charge in [-0.05, 0) is 55.2 Å². The topological polar surface area (TPSA) is 49.4 Å². The lowest BCUT2D eigenvalue weighted by Crippen LogP contribution is -2.50. The molecule has 0 aliphatic heterocycles. The molecule has 0 bridgehead atoms. The number of nitrogens with one attached hydrogen (secondary N) is 1. The Morgan fingerprint density at radius 3 is 2.36 bits per heavy atom. The van der Waals surface area contributed by atoms with Crippen molar-refractivity contribution >= 4 is 46.8 Å². The highest BCUT2D eigenvalue weighted by molar-refractivity contribution is 7.99. The van der Waals surface area contributed by atoms with Gasteiger partial charge in [0.25, 0.3) is 0 Å². The first-order chi connectivity index (χ1) is 15.8. The summed E-state index contributed by atoms with van der Waals surface area (Å²) in [5.74, 6) is -0.0108. The van der Waals surface area contributed by atoms with Crippen molar-refractivity contribution in [1.29, 1.82) is 0 Å². The van der Waals surface area contributed by atoms with Crippen LogP contribution in [0.4, 0.5) is 4.39 Å². The van der Waals surface area contributed by atoms with Crippen LogP contribution in [0.5, 0.6) is 0 Å². The molecule has 3 rings (SSSR count). The predicted molar refractivity (Wildman–Crippen MR) is 134 cm³/mol. The second kappa shape index (κ2) is 12.6. The van der Waals surface area contributed by atoms with Gasteiger partial charge in [0.05, 0.1) is 5.75 Å². The SMILES string of the molecule is CC(C(=O)NC1CCCCC1)N(Cc1ccc(F)cc1)C(=O)CSCc1c(Cl)cccc1Cl. The minimum absolute atomic E-state index is 0.156. The standard InChI is InChI=1S/C25H29Cl2FN2O2S/c1-17(25(32)29-20-6-3-2-4-7-20)30(14-18-10-12-19(28)13-11-18)24(31)16-33-15-21-22(26)8-5-9-23(21)27/h5,8-13,17,20H,2-4,6-7,14-16H2,1H3,(H,29,32). The summed E-state index contributed by atoms with van der Waals surface area (Å²) in [5.41, 5.74) is 1.55. The number of nitrogens with zero attached hydrogens (tertiary/aromatic N) is 1. The van der Waals surface area contributed by atoms with E-state index in [0.717, 1.165) is 36.8 Å². The maximum absolute atomic E-state index is 13.4. The van der Waals surface area contributed by atoms with E-state index in [1.54, 1.807) is 42.2 Å². The molecule has 4 nitrogen and oxygen atoms in total. The molecule has 2 aromatic carbocycles. The third-order valence-corrected chi connectivity index (χ3v) is 7.57. The molecule has 0 spiro atoms. The first kappa shape index (κ1) is 25.9. The fourth-order valence-corrected chi connectivity index (χ4v) is 5.58. The largest absolute Gasteiger partial charge is 0.352 e. The van der Waals surface area contributed by atoms with E-state index in [4.69, 9.17) is 23.2 Å². The molecule has 1 atom stereocenters. The molecule has 1 saturated carbocycles. The molecule has 33 heavy (non-hydrogen) atoms. The average molecular weight is 511 g/mol. The van der Waals surface area contributed by atoms with Crippen LogP contribution < -0.4 is 5.32 Å². The molecule has 1 unspecified atom stereocenters. The van der Waals surface area contributed by atoms with E-state index in [9.17, 15) is 14.0 Å². The Hall–Kier alpha value is -1.76. The number of halogens is 3. The third-order valence-electron chi connectivity index (χ3n) is 5.92. The Kier molecular flexibility index (Phi) is 9.90. The number of hydrogen-bond acceptors (Lipinski definition) is 3. The van der Waals surface area contributed by atoms with Crippen molar-refractivity contribution in [2.24, 2.45) is 0 Å². The smallest absolute Gasteiger partial charge is 0.242 e. The zero-order valence-electron chi connectivity index (χ0n) is 18.7. The van der Waals surface area contributed by atoms with Crippen LogP contribution in [-0.2, 0) is 21.9 Å². The van der Waals surface area contributed by atoms with Crippen LogP contribution >= 0.6 is 35.0 Å². The highest BCUT2D eigenvalue weighted by Gasteiger charge is 2.28. The highest BCUT2D eigenvalue weighted by Crippen LogP contribution is 2.28. The maximum atomic E-state index is 13.4. The van der Waals surface area contributed by atoms with Gasteiger partial charge in [0.15, 0.2) is 0 Å². The first-order valence-corrected chi connectivity index (χ1v) is 13.1. The van der Waals surface area contributed by atoms with Gasteiger partial charge in [-0.15, -0.1) is 11.8 Å². The van der Waals surface area contributed by atoms with E-state index in [0.29, 0.717) is 15.8 Å². The molecule has 2 amide bonds. The number of carbonyl (C=O) groups is 2. The van der Waals surface area contributed by atoms with Crippen molar-refractivity contribution in [2.45, 2.75) is 63.4 Å². The lowest BCUT2D eigenvalue weighted by molar-refractivity contribution is -0.139. The van der Waals surface area contributed by atoms with Crippen LogP contribution in [0.2, 0.25) is 10.0 Å². The van der Waals surface area contributed by atoms with Gasteiger partial charge >= 0.3 is 0 Å². The minimum Gasteiger partial charge on any atom is -0.352 e. The molecule has 0 heterocycles. The van der Waals surface area contributed by atoms with E-state index in [-0.39, 0.29) is 36.0 Å². The number of hydrogen-bond donors (Lipinski definition) is 1. The maximum Gasteiger partial charge on any atom is 0.242 e. The van der Waals surface area contributed by atoms with Crippen LogP contribution in [-0.4, -0.2) is 34.6 Å². The van der Waals surface area contributed by atoms with Gasteiger partial charge in [-0.1, -0.05) is 60.7 Å². The summed E-state index contributed by atoms with van der Waals surface area (Å²) in [4.78, 5) is 27.7. The van der Waals surface area contributed by atoms with Crippen molar-refractivity contribution in [2.75, 3.05) is 5.75 Å². The van der Waals surface area contributed by atoms with Crippen LogP contribution in [0.1, 0.15) is 50.2 Å². The predicted octanol–water partition coefficient (Wildman–Crippen LogP) is 6.23. The first-order valence-electron chi connectivity index (χ1n) is 11.2. The Morgan fingerprint density at radius 2 is 1.73 bits per heavy atom. The summed E-state index contributed by atoms with van der Waals surface area (Å²) >= 11 is 13.9. The molecule has 0 radical (unpaired) electrons. The molecule has 1 fully saturated rings. The van der Waals surface area contributed by atoms with E-state index in [1.807, 2.05) is 0 Å². The number of carbonyl (C=O) groups excluding carboxylic acids is 2. The van der Waals surface area contributed by atoms with Gasteiger partial charge in [-0.25, -0.2) is 4.39 Å². The Balaban J connectivity index is 1.67. The van der Waals surface area contributed by atoms with Crippen molar-refractivity contribution in [3.8, 4) is 0 Å². The highest BCUT2D eigenvalue weighted by atomic mass is 35.5. The Morgan fingerprint density at radius 1 is 1.09 bits per heavy atom. The summed E-state index contributed by atoms with van der Waals surface area (Å²) in [6.07, 6.45) is 5.36. The van der Waals surface area contributed by atoms with Crippen LogP contribution in [0.15, 0.2) is 42.5 Å². The molecule has 8 heteroatoms. The Bertz CT molecular complexity index is 932. The molecular formula is C25H29Cl2FN2O2S. The van der Waals surface area contributed by atoms with Gasteiger partial charge in [0.1, 0.15) is 11.9 Å². The van der Waals surface area contributed by atoms with Crippen molar-refractivity contribution in [3.05, 3.63) is 69.5 Å². The second-order valence-electron chi connectivity index (χ2n) is 8.36. The van der Waals surface area contributed by atoms with Gasteiger partial charge in [0, 0.05) is 28.4 Å². The van der Waals surface area contributed by atoms with E-state index >= 15 is 0 Å². The van der Waals surface area contributed by atoms with Gasteiger partial charge < -0.3 is 10.2 Å². The molecule has 1 aliphatic carbocycles. The summed E-state index contributed by atoms with van der Waals surface area (Å²) in [6, 6.07) is 10.8. The number of rotatable bonds is 9. The molecule has 2 aromatic rings. The lowest BCUT2D eigenvalue weighted by Gasteiger charge is -2.31. The quantitative estimate of drug-likeness (QED) is 0.434. The number of amides is 2. The third kappa shape index (κ3) is 7.62. The van der Waals surface area contributed by atoms with E-state index in [1.165, 1.54) is 30.3 Å². The van der Waals surface area contributed by atoms with E-state index in [2.05, 4.69) is 5.32 Å². The zero-order valence-corrected chi connectivity index (χ0v) is 21.0. The molecule has 1 aliphatic rings. The summed E-state index contributed by atoms with van der Waals surface area (Å²) in [5, 5.41) is 4.23. The Labute approximate surface area is 209 Å². The molecule has 1 N–H and O–H groups in total. The summed E-state index contributed by atoms with van der Waals surface area (Å²) in [7, 11) is 0. The minimum atomic E-state index is -0.644. The van der Waals surface area contributed by atoms with Crippen molar-refractivity contribution in [1.82, 2.24) is 10.2 Å². The fourth-order valence-electron chi connectivity index (χ4n) is 3.93. The zero-order chi connectivity index (χ0) is 23.8. The van der Waals surface area contributed by atoms with E-state index < -0.39 is 6.04 Å². The number of benzene rings is 2. The number of thioether (sulfide) groups is 1. The lowest BCUT2D eigenvalue weighted by atomic mass is 9.95. The van der Waals surface area contributed by atoms with Crippen LogP contribution in [0, 0.1) is 5.82 Å². The monoisotopic (exact) mass is 510 g/mol. The molecular weight excluding hydrogens is 482 g/mol. The van der Waals surface area contributed by atoms with Crippen LogP contribution in [0.3, 0.4) is 0 Å². The van der Waals surface area contributed by atoms with Crippen molar-refractivity contribution in [3.63, 3.8) is 0 Å². The normalized spacial score (nSPS) is 15.2. The van der Waals surface area contributed by atoms with Crippen molar-refractivity contribution < 1.29 is 14.0 Å². The molecule has 0 aromatic heterocycles. The average Bonchev–Trinajstić information content (AvgIpc) is 2.80. The summed E-state index contributed by atoms with van der Waals surface area (Å²) in [6.45, 7) is 1.97. The molecule has 0 saturated heterocycles.